The van der Waals surface area contributed by atoms with E-state index in [-0.39, 0.29) is 5.56 Å². The van der Waals surface area contributed by atoms with E-state index >= 15 is 0 Å². The van der Waals surface area contributed by atoms with Crippen molar-refractivity contribution in [2.75, 3.05) is 0 Å². The average Bonchev–Trinajstić information content (AvgIpc) is 2.03. The van der Waals surface area contributed by atoms with Crippen LogP contribution in [-0.2, 0) is 5.92 Å². The first-order valence-corrected chi connectivity index (χ1v) is 4.30. The Kier molecular flexibility index (Phi) is 2.64. The van der Waals surface area contributed by atoms with Gasteiger partial charge in [-0.05, 0) is 13.8 Å². The van der Waals surface area contributed by atoms with E-state index in [1.807, 2.05) is 18.4 Å². The average molecular weight is 186 g/mol. The summed E-state index contributed by atoms with van der Waals surface area (Å²) >= 11 is 0. The Morgan fingerprint density at radius 1 is 1.23 bits per heavy atom. The third-order valence-corrected chi connectivity index (χ3v) is 1.96. The monoisotopic (exact) mass is 186 g/mol. The Hall–Kier alpha value is -0.990. The van der Waals surface area contributed by atoms with E-state index in [2.05, 4.69) is 0 Å². The molecule has 0 saturated carbocycles. The van der Waals surface area contributed by atoms with Crippen LogP contribution in [0.5, 0.6) is 0 Å². The normalized spacial score (nSPS) is 12.2. The minimum absolute atomic E-state index is 0.0596. The van der Waals surface area contributed by atoms with E-state index in [0.717, 1.165) is 6.92 Å². The highest BCUT2D eigenvalue weighted by molar-refractivity contribution is 5.12. The van der Waals surface area contributed by atoms with Gasteiger partial charge in [0, 0.05) is 24.6 Å². The molecule has 1 nitrogen and oxygen atoms in total. The van der Waals surface area contributed by atoms with Gasteiger partial charge in [-0.25, -0.2) is 13.3 Å². The molecule has 0 atom stereocenters. The highest BCUT2D eigenvalue weighted by atomic mass is 19.3. The maximum absolute atomic E-state index is 12.8. The Bertz CT molecular complexity index is 272. The summed E-state index contributed by atoms with van der Waals surface area (Å²) in [6.07, 6.45) is 3.36. The van der Waals surface area contributed by atoms with E-state index < -0.39 is 5.92 Å². The number of alkyl halides is 2. The second-order valence-corrected chi connectivity index (χ2v) is 3.52. The summed E-state index contributed by atoms with van der Waals surface area (Å²) in [6.45, 7) is 4.91. The smallest absolute Gasteiger partial charge is 0.203 e. The molecule has 3 heteroatoms. The molecule has 0 spiro atoms. The molecular weight excluding hydrogens is 172 g/mol. The summed E-state index contributed by atoms with van der Waals surface area (Å²) in [4.78, 5) is 0. The Morgan fingerprint density at radius 2 is 1.69 bits per heavy atom. The topological polar surface area (TPSA) is 3.88 Å². The van der Waals surface area contributed by atoms with Crippen molar-refractivity contribution in [3.8, 4) is 0 Å². The number of pyridine rings is 1. The predicted molar refractivity (Wildman–Crippen MR) is 46.6 cm³/mol. The molecule has 13 heavy (non-hydrogen) atoms. The van der Waals surface area contributed by atoms with Gasteiger partial charge in [0.05, 0.1) is 0 Å². The van der Waals surface area contributed by atoms with Crippen molar-refractivity contribution in [2.24, 2.45) is 0 Å². The van der Waals surface area contributed by atoms with Gasteiger partial charge in [0.25, 0.3) is 5.92 Å². The summed E-state index contributed by atoms with van der Waals surface area (Å²) in [5.74, 6) is -2.74. The van der Waals surface area contributed by atoms with Crippen molar-refractivity contribution in [3.63, 3.8) is 0 Å². The van der Waals surface area contributed by atoms with Gasteiger partial charge in [0.1, 0.15) is 0 Å². The third kappa shape index (κ3) is 2.47. The summed E-state index contributed by atoms with van der Waals surface area (Å²) in [6, 6.07) is 3.22. The van der Waals surface area contributed by atoms with E-state index in [9.17, 15) is 8.78 Å². The van der Waals surface area contributed by atoms with Crippen LogP contribution in [0.25, 0.3) is 0 Å². The largest absolute Gasteiger partial charge is 0.270 e. The molecule has 1 rings (SSSR count). The molecule has 0 aliphatic rings. The zero-order valence-electron chi connectivity index (χ0n) is 8.09. The zero-order chi connectivity index (χ0) is 10.1. The van der Waals surface area contributed by atoms with Crippen LogP contribution in [0.4, 0.5) is 8.78 Å². The molecule has 0 aromatic carbocycles. The van der Waals surface area contributed by atoms with Gasteiger partial charge in [-0.1, -0.05) is 0 Å². The molecule has 0 radical (unpaired) electrons. The van der Waals surface area contributed by atoms with Gasteiger partial charge >= 0.3 is 0 Å². The lowest BCUT2D eigenvalue weighted by atomic mass is 10.1. The number of rotatable bonds is 2. The van der Waals surface area contributed by atoms with Crippen molar-refractivity contribution in [2.45, 2.75) is 32.7 Å². The van der Waals surface area contributed by atoms with Gasteiger partial charge in [0.15, 0.2) is 18.4 Å². The van der Waals surface area contributed by atoms with Crippen LogP contribution in [0.1, 0.15) is 32.4 Å². The van der Waals surface area contributed by atoms with Crippen LogP contribution in [-0.4, -0.2) is 0 Å². The summed E-state index contributed by atoms with van der Waals surface area (Å²) in [7, 11) is 0. The minimum atomic E-state index is -2.74. The first-order valence-electron chi connectivity index (χ1n) is 4.30. The maximum atomic E-state index is 12.8. The maximum Gasteiger partial charge on any atom is 0.270 e. The number of hydrogen-bond acceptors (Lipinski definition) is 0. The van der Waals surface area contributed by atoms with Crippen LogP contribution in [0, 0.1) is 0 Å². The molecule has 1 aromatic rings. The van der Waals surface area contributed by atoms with E-state index in [1.165, 1.54) is 12.1 Å². The van der Waals surface area contributed by atoms with Crippen LogP contribution in [0.2, 0.25) is 0 Å². The molecule has 0 unspecified atom stereocenters. The molecule has 1 aromatic heterocycles. The third-order valence-electron chi connectivity index (χ3n) is 1.96. The second kappa shape index (κ2) is 3.40. The fraction of sp³-hybridized carbons (Fsp3) is 0.500. The lowest BCUT2D eigenvalue weighted by molar-refractivity contribution is -0.716. The van der Waals surface area contributed by atoms with Crippen molar-refractivity contribution < 1.29 is 13.3 Å². The first kappa shape index (κ1) is 10.1. The molecule has 1 heterocycles. The summed E-state index contributed by atoms with van der Waals surface area (Å²) in [5, 5.41) is 0. The van der Waals surface area contributed by atoms with Crippen LogP contribution < -0.4 is 4.57 Å². The SMILES string of the molecule is CC(C)[n+]1ccc(C(C)(F)F)cc1. The Morgan fingerprint density at radius 3 is 2.00 bits per heavy atom. The molecule has 72 valence electrons. The number of nitrogens with zero attached hydrogens (tertiary/aromatic N) is 1. The Balaban J connectivity index is 2.94. The van der Waals surface area contributed by atoms with Gasteiger partial charge in [-0.15, -0.1) is 0 Å². The first-order chi connectivity index (χ1) is 5.91. The Labute approximate surface area is 77.0 Å². The molecule has 0 fully saturated rings. The molecule has 0 aliphatic carbocycles. The van der Waals surface area contributed by atoms with Crippen LogP contribution in [0.3, 0.4) is 0 Å². The predicted octanol–water partition coefficient (Wildman–Crippen LogP) is 2.67. The molecule has 0 aliphatic heterocycles. The lowest BCUT2D eigenvalue weighted by Gasteiger charge is -2.09. The number of aromatic nitrogens is 1. The molecule has 0 N–H and O–H groups in total. The van der Waals surface area contributed by atoms with E-state index in [0.29, 0.717) is 6.04 Å². The van der Waals surface area contributed by atoms with Crippen molar-refractivity contribution in [1.82, 2.24) is 0 Å². The molecule has 0 bridgehead atoms. The lowest BCUT2D eigenvalue weighted by Crippen LogP contribution is -2.35. The fourth-order valence-electron chi connectivity index (χ4n) is 1.07. The van der Waals surface area contributed by atoms with Gasteiger partial charge in [-0.2, -0.15) is 0 Å². The summed E-state index contributed by atoms with van der Waals surface area (Å²) < 4.78 is 27.4. The number of halogens is 2. The molecule has 0 saturated heterocycles. The van der Waals surface area contributed by atoms with Gasteiger partial charge in [0.2, 0.25) is 0 Å². The van der Waals surface area contributed by atoms with E-state index in [1.54, 1.807) is 12.4 Å². The number of hydrogen-bond donors (Lipinski definition) is 0. The highest BCUT2D eigenvalue weighted by Crippen LogP contribution is 2.25. The second-order valence-electron chi connectivity index (χ2n) is 3.52. The standard InChI is InChI=1S/C10H14F2N/c1-8(2)13-6-4-9(5-7-13)10(3,11)12/h4-8H,1-3H3/q+1. The van der Waals surface area contributed by atoms with Crippen LogP contribution >= 0.6 is 0 Å². The highest BCUT2D eigenvalue weighted by Gasteiger charge is 2.25. The van der Waals surface area contributed by atoms with Gasteiger partial charge in [-0.3, -0.25) is 0 Å². The minimum Gasteiger partial charge on any atom is -0.203 e. The van der Waals surface area contributed by atoms with Crippen molar-refractivity contribution in [3.05, 3.63) is 30.1 Å². The zero-order valence-corrected chi connectivity index (χ0v) is 8.09. The van der Waals surface area contributed by atoms with E-state index in [4.69, 9.17) is 0 Å². The van der Waals surface area contributed by atoms with Crippen molar-refractivity contribution in [1.29, 1.82) is 0 Å². The van der Waals surface area contributed by atoms with Gasteiger partial charge < -0.3 is 0 Å². The van der Waals surface area contributed by atoms with Crippen LogP contribution in [0.15, 0.2) is 24.5 Å². The quantitative estimate of drug-likeness (QED) is 0.625. The fourth-order valence-corrected chi connectivity index (χ4v) is 1.07. The van der Waals surface area contributed by atoms with Crippen molar-refractivity contribution >= 4 is 0 Å². The summed E-state index contributed by atoms with van der Waals surface area (Å²) in [5.41, 5.74) is 0.0596. The molecular formula is C10H14F2N+. The molecule has 0 amide bonds.